The van der Waals surface area contributed by atoms with Gasteiger partial charge in [0.05, 0.1) is 17.2 Å². The van der Waals surface area contributed by atoms with Crippen LogP contribution in [-0.2, 0) is 6.54 Å². The summed E-state index contributed by atoms with van der Waals surface area (Å²) in [5.41, 5.74) is 6.74. The average Bonchev–Trinajstić information content (AvgIpc) is 2.99. The van der Waals surface area contributed by atoms with Crippen LogP contribution >= 0.6 is 35.3 Å². The highest BCUT2D eigenvalue weighted by molar-refractivity contribution is 14.0. The van der Waals surface area contributed by atoms with Gasteiger partial charge in [0.1, 0.15) is 5.82 Å². The van der Waals surface area contributed by atoms with Gasteiger partial charge in [0.2, 0.25) is 0 Å². The number of aryl methyl sites for hydroxylation is 1. The van der Waals surface area contributed by atoms with Crippen molar-refractivity contribution in [3.8, 4) is 0 Å². The normalized spacial score (nSPS) is 15.3. The minimum Gasteiger partial charge on any atom is -0.370 e. The van der Waals surface area contributed by atoms with Crippen LogP contribution in [0.3, 0.4) is 0 Å². The molecule has 2 N–H and O–H groups in total. The smallest absolute Gasteiger partial charge is 0.191 e. The molecule has 8 heteroatoms. The number of hydrogen-bond acceptors (Lipinski definition) is 4. The van der Waals surface area contributed by atoms with Gasteiger partial charge < -0.3 is 15.5 Å². The number of nitrogens with two attached hydrogens (primary N) is 1. The number of hydrogen-bond donors (Lipinski definition) is 1. The van der Waals surface area contributed by atoms with Gasteiger partial charge in [-0.1, -0.05) is 12.1 Å². The number of para-hydroxylation sites is 1. The molecule has 0 aliphatic carbocycles. The molecule has 1 fully saturated rings. The van der Waals surface area contributed by atoms with E-state index in [-0.39, 0.29) is 29.8 Å². The maximum atomic E-state index is 13.8. The number of guanidine groups is 1. The molecule has 24 heavy (non-hydrogen) atoms. The van der Waals surface area contributed by atoms with Crippen molar-refractivity contribution in [2.24, 2.45) is 10.7 Å². The Morgan fingerprint density at radius 1 is 1.29 bits per heavy atom. The Kier molecular flexibility index (Phi) is 6.79. The number of aromatic nitrogens is 1. The molecule has 5 nitrogen and oxygen atoms in total. The molecule has 3 rings (SSSR count). The second kappa shape index (κ2) is 8.61. The molecule has 1 aliphatic rings. The molecule has 1 aromatic carbocycles. The molecule has 2 aromatic rings. The lowest BCUT2D eigenvalue weighted by molar-refractivity contribution is 0.378. The minimum absolute atomic E-state index is 0. The number of piperazine rings is 1. The number of benzene rings is 1. The van der Waals surface area contributed by atoms with Crippen molar-refractivity contribution in [3.05, 3.63) is 46.2 Å². The Hall–Kier alpha value is -1.42. The monoisotopic (exact) mass is 461 g/mol. The highest BCUT2D eigenvalue weighted by Gasteiger charge is 2.20. The van der Waals surface area contributed by atoms with E-state index in [1.165, 1.54) is 6.07 Å². The zero-order chi connectivity index (χ0) is 16.2. The molecule has 0 radical (unpaired) electrons. The third-order valence-electron chi connectivity index (χ3n) is 3.86. The molecule has 1 aliphatic heterocycles. The number of nitrogens with zero attached hydrogens (tertiary/aromatic N) is 4. The van der Waals surface area contributed by atoms with E-state index < -0.39 is 0 Å². The van der Waals surface area contributed by atoms with E-state index in [1.807, 2.05) is 35.1 Å². The van der Waals surface area contributed by atoms with Crippen LogP contribution in [0.5, 0.6) is 0 Å². The topological polar surface area (TPSA) is 57.8 Å². The Balaban J connectivity index is 0.00000208. The second-order valence-corrected chi connectivity index (χ2v) is 6.76. The summed E-state index contributed by atoms with van der Waals surface area (Å²) in [7, 11) is 0. The first-order chi connectivity index (χ1) is 11.1. The van der Waals surface area contributed by atoms with Crippen molar-refractivity contribution in [1.82, 2.24) is 9.88 Å². The van der Waals surface area contributed by atoms with Crippen LogP contribution in [-0.4, -0.2) is 42.0 Å². The summed E-state index contributed by atoms with van der Waals surface area (Å²) >= 11 is 1.63. The zero-order valence-corrected chi connectivity index (χ0v) is 16.6. The largest absolute Gasteiger partial charge is 0.370 e. The number of halogens is 2. The first kappa shape index (κ1) is 18.9. The quantitative estimate of drug-likeness (QED) is 0.434. The summed E-state index contributed by atoms with van der Waals surface area (Å²) < 4.78 is 13.8. The van der Waals surface area contributed by atoms with Crippen molar-refractivity contribution < 1.29 is 4.39 Å². The van der Waals surface area contributed by atoms with Gasteiger partial charge in [0, 0.05) is 37.3 Å². The number of rotatable bonds is 3. The lowest BCUT2D eigenvalue weighted by Crippen LogP contribution is -2.51. The molecule has 0 bridgehead atoms. The predicted octanol–water partition coefficient (Wildman–Crippen LogP) is 2.85. The molecule has 0 amide bonds. The number of anilines is 1. The molecule has 1 aromatic heterocycles. The lowest BCUT2D eigenvalue weighted by atomic mass is 10.2. The van der Waals surface area contributed by atoms with Crippen LogP contribution in [0.15, 0.2) is 35.5 Å². The molecule has 0 spiro atoms. The Labute approximate surface area is 162 Å². The van der Waals surface area contributed by atoms with Crippen molar-refractivity contribution in [3.63, 3.8) is 0 Å². The maximum absolute atomic E-state index is 13.8. The molecule has 130 valence electrons. The molecule has 0 atom stereocenters. The molecule has 0 unspecified atom stereocenters. The van der Waals surface area contributed by atoms with Gasteiger partial charge in [-0.3, -0.25) is 0 Å². The number of thiazole rings is 1. The van der Waals surface area contributed by atoms with Crippen molar-refractivity contribution >= 4 is 47.0 Å². The highest BCUT2D eigenvalue weighted by Crippen LogP contribution is 2.20. The summed E-state index contributed by atoms with van der Waals surface area (Å²) in [5.74, 6) is 0.368. The van der Waals surface area contributed by atoms with Crippen LogP contribution in [0.2, 0.25) is 0 Å². The summed E-state index contributed by atoms with van der Waals surface area (Å²) in [6, 6.07) is 6.88. The first-order valence-electron chi connectivity index (χ1n) is 7.59. The molecular formula is C16H21FIN5S. The van der Waals surface area contributed by atoms with E-state index in [1.54, 1.807) is 17.4 Å². The van der Waals surface area contributed by atoms with Crippen LogP contribution in [0, 0.1) is 12.7 Å². The summed E-state index contributed by atoms with van der Waals surface area (Å²) in [5, 5.41) is 1.03. The average molecular weight is 461 g/mol. The van der Waals surface area contributed by atoms with E-state index >= 15 is 0 Å². The summed E-state index contributed by atoms with van der Waals surface area (Å²) in [6.07, 6.45) is 1.84. The van der Waals surface area contributed by atoms with E-state index in [9.17, 15) is 4.39 Å². The van der Waals surface area contributed by atoms with Crippen molar-refractivity contribution in [2.75, 3.05) is 31.1 Å². The fourth-order valence-electron chi connectivity index (χ4n) is 2.62. The standard InChI is InChI=1S/C16H20FN5S.HI/c1-12-19-10-13(23-12)11-20-16(18)22-8-6-21(7-9-22)15-5-3-2-4-14(15)17;/h2-5,10H,6-9,11H2,1H3,(H2,18,20);1H. The van der Waals surface area contributed by atoms with Gasteiger partial charge >= 0.3 is 0 Å². The van der Waals surface area contributed by atoms with Gasteiger partial charge in [0.25, 0.3) is 0 Å². The summed E-state index contributed by atoms with van der Waals surface area (Å²) in [4.78, 5) is 13.9. The lowest BCUT2D eigenvalue weighted by Gasteiger charge is -2.36. The van der Waals surface area contributed by atoms with Crippen LogP contribution in [0.4, 0.5) is 10.1 Å². The zero-order valence-electron chi connectivity index (χ0n) is 13.5. The van der Waals surface area contributed by atoms with Crippen LogP contribution in [0.25, 0.3) is 0 Å². The van der Waals surface area contributed by atoms with Gasteiger partial charge in [-0.2, -0.15) is 0 Å². The van der Waals surface area contributed by atoms with Gasteiger partial charge in [-0.25, -0.2) is 14.4 Å². The van der Waals surface area contributed by atoms with Gasteiger partial charge in [-0.15, -0.1) is 35.3 Å². The SMILES string of the molecule is Cc1ncc(CN=C(N)N2CCN(c3ccccc3F)CC2)s1.I. The molecular weight excluding hydrogens is 440 g/mol. The fraction of sp³-hybridized carbons (Fsp3) is 0.375. The molecule has 2 heterocycles. The highest BCUT2D eigenvalue weighted by atomic mass is 127. The van der Waals surface area contributed by atoms with Gasteiger partial charge in [0.15, 0.2) is 5.96 Å². The number of aliphatic imine (C=N–C) groups is 1. The Morgan fingerprint density at radius 3 is 2.62 bits per heavy atom. The first-order valence-corrected chi connectivity index (χ1v) is 8.41. The van der Waals surface area contributed by atoms with E-state index in [2.05, 4.69) is 9.98 Å². The Morgan fingerprint density at radius 2 is 2.00 bits per heavy atom. The minimum atomic E-state index is -0.178. The fourth-order valence-corrected chi connectivity index (χ4v) is 3.34. The van der Waals surface area contributed by atoms with E-state index in [0.29, 0.717) is 18.2 Å². The van der Waals surface area contributed by atoms with Crippen molar-refractivity contribution in [2.45, 2.75) is 13.5 Å². The second-order valence-electron chi connectivity index (χ2n) is 5.45. The third-order valence-corrected chi connectivity index (χ3v) is 4.76. The predicted molar refractivity (Wildman–Crippen MR) is 108 cm³/mol. The van der Waals surface area contributed by atoms with Crippen LogP contribution in [0.1, 0.15) is 9.88 Å². The van der Waals surface area contributed by atoms with Crippen molar-refractivity contribution in [1.29, 1.82) is 0 Å². The molecule has 0 saturated carbocycles. The maximum Gasteiger partial charge on any atom is 0.191 e. The van der Waals surface area contributed by atoms with E-state index in [4.69, 9.17) is 5.73 Å². The third kappa shape index (κ3) is 4.56. The van der Waals surface area contributed by atoms with Gasteiger partial charge in [-0.05, 0) is 19.1 Å². The van der Waals surface area contributed by atoms with Crippen LogP contribution < -0.4 is 10.6 Å². The molecule has 1 saturated heterocycles. The Bertz CT molecular complexity index is 697. The van der Waals surface area contributed by atoms with E-state index in [0.717, 1.165) is 36.1 Å². The summed E-state index contributed by atoms with van der Waals surface area (Å²) in [6.45, 7) is 5.48.